The molecule has 0 saturated carbocycles. The average molecular weight is 383 g/mol. The van der Waals surface area contributed by atoms with Crippen LogP contribution in [0.15, 0.2) is 48.5 Å². The van der Waals surface area contributed by atoms with Crippen molar-refractivity contribution < 1.29 is 13.9 Å². The summed E-state index contributed by atoms with van der Waals surface area (Å²) in [6.07, 6.45) is 1.74. The first-order valence-corrected chi connectivity index (χ1v) is 9.63. The van der Waals surface area contributed by atoms with E-state index in [0.717, 1.165) is 23.3 Å². The van der Waals surface area contributed by atoms with E-state index in [-0.39, 0.29) is 17.8 Å². The van der Waals surface area contributed by atoms with Crippen molar-refractivity contribution in [3.05, 3.63) is 60.2 Å². The van der Waals surface area contributed by atoms with Crippen molar-refractivity contribution in [3.63, 3.8) is 0 Å². The third-order valence-corrected chi connectivity index (χ3v) is 4.41. The standard InChI is InChI=1S/C22H26FN3O2/c1-15(2)14-20(22-25-18-6-3-4-7-19(18)26-22)24-21(27)8-5-13-28-17-11-9-16(23)10-12-17/h3-4,6-7,9-12,15,20H,5,8,13-14H2,1-2H3,(H,24,27)(H,25,26)/t20-/m1/s1. The minimum atomic E-state index is -0.298. The van der Waals surface area contributed by atoms with Crippen molar-refractivity contribution in [2.24, 2.45) is 5.92 Å². The van der Waals surface area contributed by atoms with Crippen LogP contribution in [0, 0.1) is 11.7 Å². The summed E-state index contributed by atoms with van der Waals surface area (Å²) in [6.45, 7) is 4.65. The van der Waals surface area contributed by atoms with E-state index < -0.39 is 0 Å². The van der Waals surface area contributed by atoms with E-state index in [9.17, 15) is 9.18 Å². The largest absolute Gasteiger partial charge is 0.494 e. The highest BCUT2D eigenvalue weighted by Crippen LogP contribution is 2.22. The summed E-state index contributed by atoms with van der Waals surface area (Å²) in [7, 11) is 0. The zero-order valence-electron chi connectivity index (χ0n) is 16.2. The van der Waals surface area contributed by atoms with E-state index in [0.29, 0.717) is 31.1 Å². The minimum Gasteiger partial charge on any atom is -0.494 e. The maximum Gasteiger partial charge on any atom is 0.220 e. The van der Waals surface area contributed by atoms with Crippen molar-refractivity contribution in [3.8, 4) is 5.75 Å². The summed E-state index contributed by atoms with van der Waals surface area (Å²) in [5.74, 6) is 1.47. The summed E-state index contributed by atoms with van der Waals surface area (Å²) < 4.78 is 18.4. The van der Waals surface area contributed by atoms with Gasteiger partial charge in [-0.05, 0) is 55.2 Å². The molecule has 2 N–H and O–H groups in total. The van der Waals surface area contributed by atoms with Crippen LogP contribution in [0.2, 0.25) is 0 Å². The van der Waals surface area contributed by atoms with Gasteiger partial charge in [0.1, 0.15) is 17.4 Å². The first kappa shape index (κ1) is 19.9. The molecule has 0 aliphatic heterocycles. The van der Waals surface area contributed by atoms with Crippen LogP contribution in [0.4, 0.5) is 4.39 Å². The molecule has 0 saturated heterocycles. The number of amides is 1. The zero-order chi connectivity index (χ0) is 19.9. The molecule has 1 aromatic heterocycles. The lowest BCUT2D eigenvalue weighted by atomic mass is 10.0. The van der Waals surface area contributed by atoms with Crippen molar-refractivity contribution in [1.82, 2.24) is 15.3 Å². The van der Waals surface area contributed by atoms with Gasteiger partial charge in [-0.25, -0.2) is 9.37 Å². The second-order valence-electron chi connectivity index (χ2n) is 7.29. The van der Waals surface area contributed by atoms with Crippen LogP contribution in [-0.4, -0.2) is 22.5 Å². The van der Waals surface area contributed by atoms with Crippen LogP contribution in [-0.2, 0) is 4.79 Å². The minimum absolute atomic E-state index is 0.0335. The van der Waals surface area contributed by atoms with Gasteiger partial charge < -0.3 is 15.0 Å². The normalized spacial score (nSPS) is 12.3. The summed E-state index contributed by atoms with van der Waals surface area (Å²) >= 11 is 0. The van der Waals surface area contributed by atoms with Gasteiger partial charge in [0.25, 0.3) is 0 Å². The molecule has 1 heterocycles. The van der Waals surface area contributed by atoms with Gasteiger partial charge in [-0.1, -0.05) is 26.0 Å². The van der Waals surface area contributed by atoms with Gasteiger partial charge >= 0.3 is 0 Å². The van der Waals surface area contributed by atoms with Gasteiger partial charge in [-0.15, -0.1) is 0 Å². The Hall–Kier alpha value is -2.89. The molecule has 1 atom stereocenters. The monoisotopic (exact) mass is 383 g/mol. The third-order valence-electron chi connectivity index (χ3n) is 4.41. The molecule has 0 aliphatic carbocycles. The molecule has 0 unspecified atom stereocenters. The lowest BCUT2D eigenvalue weighted by Crippen LogP contribution is -2.30. The summed E-state index contributed by atoms with van der Waals surface area (Å²) in [5, 5.41) is 3.09. The fourth-order valence-corrected chi connectivity index (χ4v) is 3.07. The summed E-state index contributed by atoms with van der Waals surface area (Å²) in [5.41, 5.74) is 1.86. The van der Waals surface area contributed by atoms with Crippen molar-refractivity contribution in [2.45, 2.75) is 39.2 Å². The molecule has 0 aliphatic rings. The molecule has 0 spiro atoms. The number of benzene rings is 2. The highest BCUT2D eigenvalue weighted by atomic mass is 19.1. The number of nitrogens with one attached hydrogen (secondary N) is 2. The molecular weight excluding hydrogens is 357 g/mol. The van der Waals surface area contributed by atoms with Gasteiger partial charge in [0.2, 0.25) is 5.91 Å². The van der Waals surface area contributed by atoms with Crippen LogP contribution in [0.5, 0.6) is 5.75 Å². The first-order chi connectivity index (χ1) is 13.5. The number of aromatic amines is 1. The maximum atomic E-state index is 12.9. The second-order valence-corrected chi connectivity index (χ2v) is 7.29. The molecule has 3 aromatic rings. The van der Waals surface area contributed by atoms with E-state index in [1.54, 1.807) is 12.1 Å². The molecule has 0 fully saturated rings. The Morgan fingerprint density at radius 2 is 1.93 bits per heavy atom. The van der Waals surface area contributed by atoms with Gasteiger partial charge in [0.15, 0.2) is 0 Å². The van der Waals surface area contributed by atoms with Gasteiger partial charge in [0, 0.05) is 6.42 Å². The third kappa shape index (κ3) is 5.55. The maximum absolute atomic E-state index is 12.9. The number of fused-ring (bicyclic) bond motifs is 1. The van der Waals surface area contributed by atoms with E-state index in [1.807, 2.05) is 24.3 Å². The zero-order valence-corrected chi connectivity index (χ0v) is 16.2. The Balaban J connectivity index is 1.53. The number of hydrogen-bond acceptors (Lipinski definition) is 3. The van der Waals surface area contributed by atoms with Gasteiger partial charge in [-0.3, -0.25) is 4.79 Å². The molecular formula is C22H26FN3O2. The highest BCUT2D eigenvalue weighted by molar-refractivity contribution is 5.77. The second kappa shape index (κ2) is 9.35. The molecule has 148 valence electrons. The number of ether oxygens (including phenoxy) is 1. The number of carbonyl (C=O) groups is 1. The first-order valence-electron chi connectivity index (χ1n) is 9.63. The molecule has 1 amide bonds. The van der Waals surface area contributed by atoms with Crippen molar-refractivity contribution in [1.29, 1.82) is 0 Å². The van der Waals surface area contributed by atoms with Gasteiger partial charge in [0.05, 0.1) is 23.7 Å². The predicted octanol–water partition coefficient (Wildman–Crippen LogP) is 4.76. The average Bonchev–Trinajstić information content (AvgIpc) is 3.10. The van der Waals surface area contributed by atoms with Crippen LogP contribution < -0.4 is 10.1 Å². The highest BCUT2D eigenvalue weighted by Gasteiger charge is 2.19. The Kier molecular flexibility index (Phi) is 6.63. The molecule has 2 aromatic carbocycles. The summed E-state index contributed by atoms with van der Waals surface area (Å²) in [4.78, 5) is 20.4. The number of nitrogens with zero attached hydrogens (tertiary/aromatic N) is 1. The summed E-state index contributed by atoms with van der Waals surface area (Å²) in [6, 6.07) is 13.6. The van der Waals surface area contributed by atoms with Crippen molar-refractivity contribution >= 4 is 16.9 Å². The fraction of sp³-hybridized carbons (Fsp3) is 0.364. The molecule has 3 rings (SSSR count). The molecule has 6 heteroatoms. The fourth-order valence-electron chi connectivity index (χ4n) is 3.07. The Morgan fingerprint density at radius 3 is 2.64 bits per heavy atom. The number of halogens is 1. The van der Waals surface area contributed by atoms with E-state index in [1.165, 1.54) is 12.1 Å². The number of aromatic nitrogens is 2. The number of hydrogen-bond donors (Lipinski definition) is 2. The Bertz CT molecular complexity index is 873. The number of H-pyrrole nitrogens is 1. The molecule has 28 heavy (non-hydrogen) atoms. The smallest absolute Gasteiger partial charge is 0.220 e. The topological polar surface area (TPSA) is 67.0 Å². The number of carbonyl (C=O) groups excluding carboxylic acids is 1. The Morgan fingerprint density at radius 1 is 1.18 bits per heavy atom. The van der Waals surface area contributed by atoms with Crippen LogP contribution >= 0.6 is 0 Å². The van der Waals surface area contributed by atoms with Crippen LogP contribution in [0.1, 0.15) is 45.0 Å². The number of rotatable bonds is 9. The molecule has 5 nitrogen and oxygen atoms in total. The lowest BCUT2D eigenvalue weighted by Gasteiger charge is -2.18. The van der Waals surface area contributed by atoms with E-state index in [4.69, 9.17) is 4.74 Å². The van der Waals surface area contributed by atoms with Gasteiger partial charge in [-0.2, -0.15) is 0 Å². The van der Waals surface area contributed by atoms with Crippen molar-refractivity contribution in [2.75, 3.05) is 6.61 Å². The van der Waals surface area contributed by atoms with E-state index >= 15 is 0 Å². The van der Waals surface area contributed by atoms with Crippen LogP contribution in [0.25, 0.3) is 11.0 Å². The van der Waals surface area contributed by atoms with E-state index in [2.05, 4.69) is 29.1 Å². The SMILES string of the molecule is CC(C)C[C@@H](NC(=O)CCCOc1ccc(F)cc1)c1nc2ccccc2[nH]1. The Labute approximate surface area is 164 Å². The molecule has 0 radical (unpaired) electrons. The predicted molar refractivity (Wildman–Crippen MR) is 108 cm³/mol. The molecule has 0 bridgehead atoms. The number of para-hydroxylation sites is 2. The van der Waals surface area contributed by atoms with Crippen LogP contribution in [0.3, 0.4) is 0 Å². The number of imidazole rings is 1. The quantitative estimate of drug-likeness (QED) is 0.523. The lowest BCUT2D eigenvalue weighted by molar-refractivity contribution is -0.122.